The number of nitrogens with one attached hydrogen (secondary N) is 1. The third kappa shape index (κ3) is 6.76. The number of carboxylic acid groups (broad SMARTS) is 1. The van der Waals surface area contributed by atoms with Crippen molar-refractivity contribution in [2.75, 3.05) is 6.54 Å². The number of aryl methyl sites for hydroxylation is 1. The number of urea groups is 1. The van der Waals surface area contributed by atoms with Crippen molar-refractivity contribution in [2.45, 2.75) is 56.7 Å². The maximum absolute atomic E-state index is 13.1. The highest BCUT2D eigenvalue weighted by atomic mass is 16.4. The number of nitrogens with zero attached hydrogens (tertiary/aromatic N) is 3. The zero-order valence-corrected chi connectivity index (χ0v) is 20.3. The number of hydrogen-bond donors (Lipinski definition) is 5. The molecule has 1 fully saturated rings. The number of likely N-dealkylation sites (tertiary alicyclic amines) is 1. The summed E-state index contributed by atoms with van der Waals surface area (Å²) in [4.78, 5) is 26.2. The first-order valence-electron chi connectivity index (χ1n) is 12.2. The Morgan fingerprint density at radius 2 is 1.62 bits per heavy atom. The van der Waals surface area contributed by atoms with Gasteiger partial charge in [-0.1, -0.05) is 24.3 Å². The smallest absolute Gasteiger partial charge is 0.326 e. The van der Waals surface area contributed by atoms with Crippen LogP contribution in [0.15, 0.2) is 52.9 Å². The molecule has 4 rings (SSSR count). The molecular formula is C26H31N5O6. The molecule has 0 spiro atoms. The normalized spacial score (nSPS) is 17.2. The average molecular weight is 510 g/mol. The van der Waals surface area contributed by atoms with Gasteiger partial charge in [0.2, 0.25) is 11.8 Å². The topological polar surface area (TPSA) is 175 Å². The predicted octanol–water partition coefficient (Wildman–Crippen LogP) is 3.05. The van der Waals surface area contributed by atoms with E-state index in [1.165, 1.54) is 17.0 Å². The van der Waals surface area contributed by atoms with Crippen LogP contribution in [0, 0.1) is 0 Å². The number of hydrogen-bond acceptors (Lipinski definition) is 8. The van der Waals surface area contributed by atoms with Gasteiger partial charge in [-0.05, 0) is 67.5 Å². The number of benzene rings is 2. The second-order valence-corrected chi connectivity index (χ2v) is 9.21. The van der Waals surface area contributed by atoms with Gasteiger partial charge in [0.05, 0.1) is 6.04 Å². The Bertz CT molecular complexity index is 1200. The van der Waals surface area contributed by atoms with Gasteiger partial charge in [0.1, 0.15) is 23.6 Å². The largest absolute Gasteiger partial charge is 0.508 e. The number of phenols is 2. The highest BCUT2D eigenvalue weighted by Crippen LogP contribution is 2.24. The molecule has 196 valence electrons. The Labute approximate surface area is 213 Å². The van der Waals surface area contributed by atoms with Crippen LogP contribution < -0.4 is 11.1 Å². The van der Waals surface area contributed by atoms with Crippen LogP contribution in [0.3, 0.4) is 0 Å². The summed E-state index contributed by atoms with van der Waals surface area (Å²) >= 11 is 0. The third-order valence-corrected chi connectivity index (χ3v) is 6.47. The lowest BCUT2D eigenvalue weighted by atomic mass is 10.0. The Morgan fingerprint density at radius 1 is 1.00 bits per heavy atom. The van der Waals surface area contributed by atoms with E-state index < -0.39 is 30.1 Å². The van der Waals surface area contributed by atoms with Crippen LogP contribution in [0.2, 0.25) is 0 Å². The van der Waals surface area contributed by atoms with Gasteiger partial charge in [-0.2, -0.15) is 0 Å². The van der Waals surface area contributed by atoms with Gasteiger partial charge in [-0.3, -0.25) is 0 Å². The summed E-state index contributed by atoms with van der Waals surface area (Å²) in [7, 11) is 0. The van der Waals surface area contributed by atoms with Crippen molar-refractivity contribution in [2.24, 2.45) is 5.73 Å². The molecule has 0 bridgehead atoms. The number of aromatic hydroxyl groups is 2. The summed E-state index contributed by atoms with van der Waals surface area (Å²) < 4.78 is 5.89. The van der Waals surface area contributed by atoms with E-state index in [2.05, 4.69) is 15.5 Å². The minimum Gasteiger partial charge on any atom is -0.508 e. The first-order chi connectivity index (χ1) is 17.8. The lowest BCUT2D eigenvalue weighted by Crippen LogP contribution is -2.52. The second-order valence-electron chi connectivity index (χ2n) is 9.21. The number of carboxylic acids is 1. The highest BCUT2D eigenvalue weighted by Gasteiger charge is 2.34. The van der Waals surface area contributed by atoms with E-state index >= 15 is 0 Å². The number of rotatable bonds is 9. The Kier molecular flexibility index (Phi) is 8.24. The molecule has 2 aromatic carbocycles. The third-order valence-electron chi connectivity index (χ3n) is 6.47. The fraction of sp³-hybridized carbons (Fsp3) is 0.385. The molecule has 11 nitrogen and oxygen atoms in total. The summed E-state index contributed by atoms with van der Waals surface area (Å²) in [5.74, 6) is -0.359. The summed E-state index contributed by atoms with van der Waals surface area (Å²) in [6.45, 7) is 0.339. The molecule has 1 aliphatic rings. The van der Waals surface area contributed by atoms with E-state index in [1.807, 2.05) is 12.1 Å². The van der Waals surface area contributed by atoms with Gasteiger partial charge in [0, 0.05) is 13.0 Å². The minimum atomic E-state index is -1.04. The lowest BCUT2D eigenvalue weighted by molar-refractivity contribution is -0.143. The van der Waals surface area contributed by atoms with E-state index in [0.29, 0.717) is 25.8 Å². The SMILES string of the molecule is N[C@@H](CCc1ccc(O)cc1)c1nnc([C@H](Cc2ccc(O)cc2)NC(=O)N2CCCC[C@H]2C(=O)O)o1. The molecule has 3 atom stereocenters. The van der Waals surface area contributed by atoms with Gasteiger partial charge in [-0.25, -0.2) is 9.59 Å². The van der Waals surface area contributed by atoms with Crippen molar-refractivity contribution < 1.29 is 29.3 Å². The average Bonchev–Trinajstić information content (AvgIpc) is 3.39. The molecule has 1 saturated heterocycles. The van der Waals surface area contributed by atoms with Crippen LogP contribution in [0.1, 0.15) is 60.7 Å². The van der Waals surface area contributed by atoms with Crippen molar-refractivity contribution in [3.05, 3.63) is 71.4 Å². The molecule has 3 aromatic rings. The molecular weight excluding hydrogens is 478 g/mol. The first-order valence-corrected chi connectivity index (χ1v) is 12.2. The summed E-state index contributed by atoms with van der Waals surface area (Å²) in [5, 5.41) is 39.7. The maximum Gasteiger partial charge on any atom is 0.326 e. The molecule has 6 N–H and O–H groups in total. The van der Waals surface area contributed by atoms with Gasteiger partial charge >= 0.3 is 12.0 Å². The number of nitrogens with two attached hydrogens (primary N) is 1. The fourth-order valence-electron chi connectivity index (χ4n) is 4.38. The predicted molar refractivity (Wildman–Crippen MR) is 133 cm³/mol. The number of carbonyl (C=O) groups is 2. The molecule has 0 aliphatic carbocycles. The van der Waals surface area contributed by atoms with Crippen molar-refractivity contribution in [1.82, 2.24) is 20.4 Å². The van der Waals surface area contributed by atoms with E-state index in [0.717, 1.165) is 24.0 Å². The number of piperidine rings is 1. The van der Waals surface area contributed by atoms with Gasteiger partial charge in [0.25, 0.3) is 0 Å². The van der Waals surface area contributed by atoms with E-state index in [-0.39, 0.29) is 29.7 Å². The number of aromatic nitrogens is 2. The number of phenolic OH excluding ortho intramolecular Hbond substituents is 2. The van der Waals surface area contributed by atoms with Crippen LogP contribution in [0.4, 0.5) is 4.79 Å². The number of aliphatic carboxylic acids is 1. The van der Waals surface area contributed by atoms with Crippen LogP contribution in [0.5, 0.6) is 11.5 Å². The first kappa shape index (κ1) is 26.0. The molecule has 2 amide bonds. The molecule has 2 heterocycles. The summed E-state index contributed by atoms with van der Waals surface area (Å²) in [5.41, 5.74) is 8.09. The molecule has 0 unspecified atom stereocenters. The van der Waals surface area contributed by atoms with Crippen molar-refractivity contribution in [3.63, 3.8) is 0 Å². The molecule has 1 aromatic heterocycles. The molecule has 0 saturated carbocycles. The van der Waals surface area contributed by atoms with E-state index in [1.54, 1.807) is 24.3 Å². The summed E-state index contributed by atoms with van der Waals surface area (Å²) in [6, 6.07) is 10.7. The monoisotopic (exact) mass is 509 g/mol. The zero-order chi connectivity index (χ0) is 26.4. The minimum absolute atomic E-state index is 0.113. The molecule has 1 aliphatic heterocycles. The molecule has 11 heteroatoms. The van der Waals surface area contributed by atoms with Gasteiger partial charge in [-0.15, -0.1) is 10.2 Å². The zero-order valence-electron chi connectivity index (χ0n) is 20.3. The number of carbonyl (C=O) groups excluding carboxylic acids is 1. The Hall–Kier alpha value is -4.12. The lowest BCUT2D eigenvalue weighted by Gasteiger charge is -2.33. The molecule has 0 radical (unpaired) electrons. The van der Waals surface area contributed by atoms with E-state index in [4.69, 9.17) is 10.2 Å². The Morgan fingerprint density at radius 3 is 2.27 bits per heavy atom. The highest BCUT2D eigenvalue weighted by molar-refractivity contribution is 5.83. The van der Waals surface area contributed by atoms with Gasteiger partial charge < -0.3 is 35.7 Å². The van der Waals surface area contributed by atoms with Crippen molar-refractivity contribution in [3.8, 4) is 11.5 Å². The summed E-state index contributed by atoms with van der Waals surface area (Å²) in [6.07, 6.45) is 3.30. The van der Waals surface area contributed by atoms with Crippen molar-refractivity contribution in [1.29, 1.82) is 0 Å². The Balaban J connectivity index is 1.49. The van der Waals surface area contributed by atoms with Crippen LogP contribution in [-0.4, -0.2) is 55.0 Å². The van der Waals surface area contributed by atoms with Crippen LogP contribution >= 0.6 is 0 Å². The van der Waals surface area contributed by atoms with Crippen molar-refractivity contribution >= 4 is 12.0 Å². The standard InChI is InChI=1S/C26H31N5O6/c27-20(13-8-16-4-9-18(32)10-5-16)23-29-30-24(37-23)21(15-17-6-11-19(33)12-7-17)28-26(36)31-14-2-1-3-22(31)25(34)35/h4-7,9-12,20-22,32-33H,1-3,8,13-15,27H2,(H,28,36)(H,34,35)/t20-,21-,22-/m0/s1. The quantitative estimate of drug-likeness (QED) is 0.290. The van der Waals surface area contributed by atoms with Crippen LogP contribution in [-0.2, 0) is 17.6 Å². The number of amides is 2. The second kappa shape index (κ2) is 11.7. The van der Waals surface area contributed by atoms with Gasteiger partial charge in [0.15, 0.2) is 0 Å². The van der Waals surface area contributed by atoms with Crippen LogP contribution in [0.25, 0.3) is 0 Å². The fourth-order valence-corrected chi connectivity index (χ4v) is 4.38. The van der Waals surface area contributed by atoms with E-state index in [9.17, 15) is 24.9 Å². The molecule has 37 heavy (non-hydrogen) atoms. The maximum atomic E-state index is 13.1.